The standard InChI is InChI=1S/C19H18FN3O3S/c1-26-18-11-15(20)5-6-17(18)14-7-8-22-19(10-14)23-16-4-2-3-13(9-16)12-27(21,24)25/h2-11H,12H2,1H3,(H,22,23)(H2,21,24,25). The van der Waals surface area contributed by atoms with E-state index in [1.165, 1.54) is 19.2 Å². The van der Waals surface area contributed by atoms with Gasteiger partial charge in [0.2, 0.25) is 10.0 Å². The molecule has 0 bridgehead atoms. The van der Waals surface area contributed by atoms with Gasteiger partial charge in [0.05, 0.1) is 12.9 Å². The van der Waals surface area contributed by atoms with Crippen LogP contribution >= 0.6 is 0 Å². The fourth-order valence-corrected chi connectivity index (χ4v) is 3.33. The highest BCUT2D eigenvalue weighted by molar-refractivity contribution is 7.88. The van der Waals surface area contributed by atoms with Crippen LogP contribution in [-0.2, 0) is 15.8 Å². The summed E-state index contributed by atoms with van der Waals surface area (Å²) in [6.45, 7) is 0. The minimum Gasteiger partial charge on any atom is -0.496 e. The quantitative estimate of drug-likeness (QED) is 0.676. The third-order valence-corrected chi connectivity index (χ3v) is 4.54. The Bertz CT molecular complexity index is 1070. The Hall–Kier alpha value is -2.97. The Kier molecular flexibility index (Phi) is 5.38. The molecule has 1 aromatic heterocycles. The summed E-state index contributed by atoms with van der Waals surface area (Å²) in [5, 5.41) is 8.22. The van der Waals surface area contributed by atoms with Crippen LogP contribution in [0.5, 0.6) is 5.75 Å². The second-order valence-corrected chi connectivity index (χ2v) is 7.52. The van der Waals surface area contributed by atoms with Crippen molar-refractivity contribution >= 4 is 21.5 Å². The molecule has 0 fully saturated rings. The van der Waals surface area contributed by atoms with Crippen LogP contribution < -0.4 is 15.2 Å². The van der Waals surface area contributed by atoms with Crippen LogP contribution in [0.2, 0.25) is 0 Å². The van der Waals surface area contributed by atoms with Gasteiger partial charge in [-0.2, -0.15) is 0 Å². The summed E-state index contributed by atoms with van der Waals surface area (Å²) in [4.78, 5) is 4.27. The van der Waals surface area contributed by atoms with Crippen LogP contribution in [0, 0.1) is 5.82 Å². The normalized spacial score (nSPS) is 11.2. The lowest BCUT2D eigenvalue weighted by atomic mass is 10.1. The highest BCUT2D eigenvalue weighted by atomic mass is 32.2. The number of aromatic nitrogens is 1. The van der Waals surface area contributed by atoms with Crippen molar-refractivity contribution in [3.63, 3.8) is 0 Å². The fourth-order valence-electron chi connectivity index (χ4n) is 2.69. The molecule has 0 saturated carbocycles. The van der Waals surface area contributed by atoms with Crippen molar-refractivity contribution in [1.29, 1.82) is 0 Å². The number of primary sulfonamides is 1. The molecular formula is C19H18FN3O3S. The van der Waals surface area contributed by atoms with Gasteiger partial charge in [0.1, 0.15) is 17.4 Å². The van der Waals surface area contributed by atoms with Crippen LogP contribution in [0.15, 0.2) is 60.8 Å². The zero-order chi connectivity index (χ0) is 19.4. The molecule has 0 radical (unpaired) electrons. The van der Waals surface area contributed by atoms with Gasteiger partial charge in [0, 0.05) is 23.5 Å². The van der Waals surface area contributed by atoms with Crippen molar-refractivity contribution in [2.45, 2.75) is 5.75 Å². The smallest absolute Gasteiger partial charge is 0.213 e. The minimum absolute atomic E-state index is 0.247. The lowest BCUT2D eigenvalue weighted by Crippen LogP contribution is -2.14. The second kappa shape index (κ2) is 7.73. The van der Waals surface area contributed by atoms with Gasteiger partial charge in [-0.1, -0.05) is 12.1 Å². The van der Waals surface area contributed by atoms with Gasteiger partial charge < -0.3 is 10.1 Å². The highest BCUT2D eigenvalue weighted by Gasteiger charge is 2.09. The summed E-state index contributed by atoms with van der Waals surface area (Å²) >= 11 is 0. The molecule has 8 heteroatoms. The number of anilines is 2. The molecule has 2 aromatic carbocycles. The fraction of sp³-hybridized carbons (Fsp3) is 0.105. The van der Waals surface area contributed by atoms with Crippen molar-refractivity contribution in [3.05, 3.63) is 72.2 Å². The maximum absolute atomic E-state index is 13.4. The van der Waals surface area contributed by atoms with E-state index in [4.69, 9.17) is 9.88 Å². The average Bonchev–Trinajstić information content (AvgIpc) is 2.60. The summed E-state index contributed by atoms with van der Waals surface area (Å²) in [5.74, 6) is 0.339. The van der Waals surface area contributed by atoms with Crippen LogP contribution in [0.4, 0.5) is 15.9 Å². The topological polar surface area (TPSA) is 94.3 Å². The number of nitrogens with two attached hydrogens (primary N) is 1. The number of halogens is 1. The Morgan fingerprint density at radius 2 is 1.96 bits per heavy atom. The number of nitrogens with zero attached hydrogens (tertiary/aromatic N) is 1. The predicted octanol–water partition coefficient (Wildman–Crippen LogP) is 3.43. The Balaban J connectivity index is 1.88. The average molecular weight is 387 g/mol. The molecule has 0 saturated heterocycles. The third-order valence-electron chi connectivity index (χ3n) is 3.80. The molecule has 27 heavy (non-hydrogen) atoms. The summed E-state index contributed by atoms with van der Waals surface area (Å²) in [5.41, 5.74) is 2.77. The number of ether oxygens (including phenoxy) is 1. The third kappa shape index (κ3) is 5.02. The Labute approximate surface area is 156 Å². The molecule has 0 amide bonds. The zero-order valence-corrected chi connectivity index (χ0v) is 15.3. The molecule has 1 heterocycles. The van der Waals surface area contributed by atoms with E-state index >= 15 is 0 Å². The van der Waals surface area contributed by atoms with E-state index in [1.807, 2.05) is 0 Å². The molecule has 140 valence electrons. The van der Waals surface area contributed by atoms with Gasteiger partial charge >= 0.3 is 0 Å². The van der Waals surface area contributed by atoms with Crippen LogP contribution in [0.25, 0.3) is 11.1 Å². The number of methoxy groups -OCH3 is 1. The molecule has 0 atom stereocenters. The number of rotatable bonds is 6. The summed E-state index contributed by atoms with van der Waals surface area (Å²) in [6.07, 6.45) is 1.62. The van der Waals surface area contributed by atoms with E-state index < -0.39 is 10.0 Å². The summed E-state index contributed by atoms with van der Waals surface area (Å²) in [6, 6.07) is 14.8. The molecule has 3 N–H and O–H groups in total. The molecule has 0 aliphatic heterocycles. The molecule has 6 nitrogen and oxygen atoms in total. The molecule has 3 rings (SSSR count). The van der Waals surface area contributed by atoms with E-state index in [9.17, 15) is 12.8 Å². The van der Waals surface area contributed by atoms with Crippen LogP contribution in [-0.4, -0.2) is 20.5 Å². The number of sulfonamides is 1. The summed E-state index contributed by atoms with van der Waals surface area (Å²) in [7, 11) is -2.13. The van der Waals surface area contributed by atoms with E-state index in [0.717, 1.165) is 11.1 Å². The highest BCUT2D eigenvalue weighted by Crippen LogP contribution is 2.31. The maximum atomic E-state index is 13.4. The lowest BCUT2D eigenvalue weighted by Gasteiger charge is -2.11. The van der Waals surface area contributed by atoms with Crippen LogP contribution in [0.1, 0.15) is 5.56 Å². The largest absolute Gasteiger partial charge is 0.496 e. The predicted molar refractivity (Wildman–Crippen MR) is 103 cm³/mol. The lowest BCUT2D eigenvalue weighted by molar-refractivity contribution is 0.413. The molecule has 0 unspecified atom stereocenters. The first-order valence-electron chi connectivity index (χ1n) is 8.00. The molecule has 0 aliphatic rings. The van der Waals surface area contributed by atoms with Crippen molar-refractivity contribution in [2.75, 3.05) is 12.4 Å². The van der Waals surface area contributed by atoms with Crippen molar-refractivity contribution < 1.29 is 17.5 Å². The number of pyridine rings is 1. The van der Waals surface area contributed by atoms with E-state index in [-0.39, 0.29) is 11.6 Å². The van der Waals surface area contributed by atoms with Gasteiger partial charge in [-0.3, -0.25) is 0 Å². The number of benzene rings is 2. The van der Waals surface area contributed by atoms with E-state index in [0.29, 0.717) is 22.8 Å². The minimum atomic E-state index is -3.61. The zero-order valence-electron chi connectivity index (χ0n) is 14.5. The number of nitrogens with one attached hydrogen (secondary N) is 1. The van der Waals surface area contributed by atoms with Gasteiger partial charge in [0.15, 0.2) is 0 Å². The molecular weight excluding hydrogens is 369 g/mol. The Morgan fingerprint density at radius 3 is 2.70 bits per heavy atom. The van der Waals surface area contributed by atoms with Gasteiger partial charge in [0.25, 0.3) is 0 Å². The molecule has 0 spiro atoms. The van der Waals surface area contributed by atoms with Crippen LogP contribution in [0.3, 0.4) is 0 Å². The second-order valence-electron chi connectivity index (χ2n) is 5.91. The first-order valence-corrected chi connectivity index (χ1v) is 9.72. The van der Waals surface area contributed by atoms with Crippen molar-refractivity contribution in [1.82, 2.24) is 4.98 Å². The van der Waals surface area contributed by atoms with E-state index in [1.54, 1.807) is 48.7 Å². The van der Waals surface area contributed by atoms with Gasteiger partial charge in [-0.05, 0) is 47.5 Å². The molecule has 0 aliphatic carbocycles. The van der Waals surface area contributed by atoms with Gasteiger partial charge in [-0.25, -0.2) is 22.9 Å². The van der Waals surface area contributed by atoms with Gasteiger partial charge in [-0.15, -0.1) is 0 Å². The number of hydrogen-bond donors (Lipinski definition) is 2. The first kappa shape index (κ1) is 18.8. The Morgan fingerprint density at radius 1 is 1.15 bits per heavy atom. The van der Waals surface area contributed by atoms with Crippen molar-refractivity contribution in [3.8, 4) is 16.9 Å². The molecule has 3 aromatic rings. The monoisotopic (exact) mass is 387 g/mol. The summed E-state index contributed by atoms with van der Waals surface area (Å²) < 4.78 is 41.2. The number of hydrogen-bond acceptors (Lipinski definition) is 5. The van der Waals surface area contributed by atoms with E-state index in [2.05, 4.69) is 10.3 Å². The SMILES string of the molecule is COc1cc(F)ccc1-c1ccnc(Nc2cccc(CS(N)(=O)=O)c2)c1. The first-order chi connectivity index (χ1) is 12.8. The van der Waals surface area contributed by atoms with Crippen molar-refractivity contribution in [2.24, 2.45) is 5.14 Å². The maximum Gasteiger partial charge on any atom is 0.213 e.